The average molecular weight is 269 g/mol. The molecule has 5 nitrogen and oxygen atoms in total. The van der Waals surface area contributed by atoms with Crippen LogP contribution in [0.2, 0.25) is 0 Å². The predicted octanol–water partition coefficient (Wildman–Crippen LogP) is 0.958. The molecule has 0 aliphatic rings. The standard InChI is InChI=1S/C10H11N3O2S2/c1-13-6-7-16-10(13)12-17(14,15)9-4-2-8(11)3-5-9/h2-7H,11H2,1H3/b12-10-. The highest BCUT2D eigenvalue weighted by molar-refractivity contribution is 7.90. The first-order valence-corrected chi connectivity index (χ1v) is 7.08. The summed E-state index contributed by atoms with van der Waals surface area (Å²) in [6.45, 7) is 0. The smallest absolute Gasteiger partial charge is 0.285 e. The minimum atomic E-state index is -3.66. The van der Waals surface area contributed by atoms with Gasteiger partial charge in [-0.05, 0) is 24.3 Å². The number of rotatable bonds is 2. The van der Waals surface area contributed by atoms with Crippen molar-refractivity contribution >= 4 is 27.0 Å². The van der Waals surface area contributed by atoms with E-state index in [0.717, 1.165) is 0 Å². The SMILES string of the molecule is Cn1ccs/c1=N\S(=O)(=O)c1ccc(N)cc1. The second kappa shape index (κ2) is 4.34. The van der Waals surface area contributed by atoms with Crippen LogP contribution in [-0.4, -0.2) is 13.0 Å². The number of thiazole rings is 1. The number of nitrogen functional groups attached to an aromatic ring is 1. The van der Waals surface area contributed by atoms with Crippen LogP contribution in [0.15, 0.2) is 45.1 Å². The van der Waals surface area contributed by atoms with Crippen molar-refractivity contribution in [2.75, 3.05) is 5.73 Å². The van der Waals surface area contributed by atoms with Gasteiger partial charge < -0.3 is 10.3 Å². The van der Waals surface area contributed by atoms with Crippen molar-refractivity contribution in [1.82, 2.24) is 4.57 Å². The number of sulfonamides is 1. The first-order valence-electron chi connectivity index (χ1n) is 4.76. The summed E-state index contributed by atoms with van der Waals surface area (Å²) in [7, 11) is -1.92. The quantitative estimate of drug-likeness (QED) is 0.825. The van der Waals surface area contributed by atoms with E-state index in [1.54, 1.807) is 23.2 Å². The Labute approximate surface area is 103 Å². The summed E-state index contributed by atoms with van der Waals surface area (Å²) in [5.41, 5.74) is 6.02. The van der Waals surface area contributed by atoms with Crippen LogP contribution in [0.25, 0.3) is 0 Å². The largest absolute Gasteiger partial charge is 0.399 e. The second-order valence-corrected chi connectivity index (χ2v) is 5.91. The lowest BCUT2D eigenvalue weighted by molar-refractivity contribution is 0.596. The van der Waals surface area contributed by atoms with Gasteiger partial charge in [0.15, 0.2) is 0 Å². The molecule has 7 heteroatoms. The summed E-state index contributed by atoms with van der Waals surface area (Å²) >= 11 is 1.27. The summed E-state index contributed by atoms with van der Waals surface area (Å²) in [6.07, 6.45) is 1.75. The van der Waals surface area contributed by atoms with Crippen LogP contribution in [0, 0.1) is 0 Å². The van der Waals surface area contributed by atoms with Crippen molar-refractivity contribution in [3.63, 3.8) is 0 Å². The zero-order valence-corrected chi connectivity index (χ0v) is 10.7. The molecule has 0 saturated heterocycles. The Morgan fingerprint density at radius 2 is 1.94 bits per heavy atom. The average Bonchev–Trinajstić information content (AvgIpc) is 2.64. The number of hydrogen-bond donors (Lipinski definition) is 1. The molecule has 2 N–H and O–H groups in total. The minimum absolute atomic E-state index is 0.139. The van der Waals surface area contributed by atoms with E-state index in [-0.39, 0.29) is 4.90 Å². The Morgan fingerprint density at radius 1 is 1.29 bits per heavy atom. The van der Waals surface area contributed by atoms with Gasteiger partial charge in [-0.15, -0.1) is 15.7 Å². The molecule has 2 rings (SSSR count). The summed E-state index contributed by atoms with van der Waals surface area (Å²) in [5.74, 6) is 0. The van der Waals surface area contributed by atoms with E-state index in [1.165, 1.54) is 35.6 Å². The molecule has 0 spiro atoms. The number of nitrogens with zero attached hydrogens (tertiary/aromatic N) is 2. The van der Waals surface area contributed by atoms with E-state index in [4.69, 9.17) is 5.73 Å². The van der Waals surface area contributed by atoms with E-state index in [0.29, 0.717) is 10.5 Å². The Balaban J connectivity index is 2.52. The molecule has 1 aromatic heterocycles. The van der Waals surface area contributed by atoms with E-state index in [1.807, 2.05) is 0 Å². The van der Waals surface area contributed by atoms with Gasteiger partial charge >= 0.3 is 0 Å². The van der Waals surface area contributed by atoms with Crippen molar-refractivity contribution < 1.29 is 8.42 Å². The lowest BCUT2D eigenvalue weighted by Crippen LogP contribution is -2.13. The lowest BCUT2D eigenvalue weighted by atomic mass is 10.3. The van der Waals surface area contributed by atoms with E-state index >= 15 is 0 Å². The first kappa shape index (κ1) is 11.9. The highest BCUT2D eigenvalue weighted by Gasteiger charge is 2.12. The predicted molar refractivity (Wildman–Crippen MR) is 66.9 cm³/mol. The monoisotopic (exact) mass is 269 g/mol. The van der Waals surface area contributed by atoms with E-state index < -0.39 is 10.0 Å². The summed E-state index contributed by atoms with van der Waals surface area (Å²) in [5, 5.41) is 1.78. The minimum Gasteiger partial charge on any atom is -0.399 e. The third-order valence-electron chi connectivity index (χ3n) is 2.14. The number of hydrogen-bond acceptors (Lipinski definition) is 4. The van der Waals surface area contributed by atoms with Gasteiger partial charge in [0.2, 0.25) is 4.80 Å². The van der Waals surface area contributed by atoms with Gasteiger partial charge in [0, 0.05) is 24.3 Å². The highest BCUT2D eigenvalue weighted by atomic mass is 32.2. The highest BCUT2D eigenvalue weighted by Crippen LogP contribution is 2.13. The van der Waals surface area contributed by atoms with Gasteiger partial charge in [0.05, 0.1) is 4.90 Å². The van der Waals surface area contributed by atoms with E-state index in [9.17, 15) is 8.42 Å². The molecule has 1 aromatic carbocycles. The van der Waals surface area contributed by atoms with Crippen LogP contribution in [-0.2, 0) is 17.1 Å². The molecule has 2 aromatic rings. The fourth-order valence-electron chi connectivity index (χ4n) is 1.21. The zero-order chi connectivity index (χ0) is 12.5. The molecule has 0 saturated carbocycles. The van der Waals surface area contributed by atoms with Gasteiger partial charge in [0.1, 0.15) is 0 Å². The molecule has 0 aliphatic carbocycles. The first-order chi connectivity index (χ1) is 7.99. The van der Waals surface area contributed by atoms with Crippen molar-refractivity contribution in [1.29, 1.82) is 0 Å². The van der Waals surface area contributed by atoms with Gasteiger partial charge in [-0.3, -0.25) is 0 Å². The molecule has 0 atom stereocenters. The summed E-state index contributed by atoms with van der Waals surface area (Å²) in [4.78, 5) is 0.571. The third kappa shape index (κ3) is 2.56. The second-order valence-electron chi connectivity index (χ2n) is 3.43. The molecular weight excluding hydrogens is 258 g/mol. The number of benzene rings is 1. The molecule has 0 bridgehead atoms. The molecule has 0 aliphatic heterocycles. The molecular formula is C10H11N3O2S2. The number of nitrogens with two attached hydrogens (primary N) is 1. The van der Waals surface area contributed by atoms with Crippen molar-refractivity contribution in [3.05, 3.63) is 40.6 Å². The Bertz CT molecular complexity index is 681. The molecule has 17 heavy (non-hydrogen) atoms. The third-order valence-corrected chi connectivity index (χ3v) is 4.38. The molecule has 1 heterocycles. The maximum atomic E-state index is 11.9. The van der Waals surface area contributed by atoms with Crippen molar-refractivity contribution in [2.24, 2.45) is 11.4 Å². The van der Waals surface area contributed by atoms with Crippen LogP contribution in [0.4, 0.5) is 5.69 Å². The van der Waals surface area contributed by atoms with Gasteiger partial charge in [-0.2, -0.15) is 8.42 Å². The molecule has 0 amide bonds. The van der Waals surface area contributed by atoms with Gasteiger partial charge in [-0.1, -0.05) is 0 Å². The van der Waals surface area contributed by atoms with Crippen LogP contribution < -0.4 is 10.5 Å². The maximum Gasteiger partial charge on any atom is 0.285 e. The maximum absolute atomic E-state index is 11.9. The van der Waals surface area contributed by atoms with Gasteiger partial charge in [-0.25, -0.2) is 0 Å². The van der Waals surface area contributed by atoms with Crippen LogP contribution in [0.5, 0.6) is 0 Å². The topological polar surface area (TPSA) is 77.5 Å². The zero-order valence-electron chi connectivity index (χ0n) is 9.07. The van der Waals surface area contributed by atoms with Crippen LogP contribution >= 0.6 is 11.3 Å². The fourth-order valence-corrected chi connectivity index (χ4v) is 3.19. The summed E-state index contributed by atoms with van der Waals surface area (Å²) < 4.78 is 29.3. The molecule has 0 radical (unpaired) electrons. The van der Waals surface area contributed by atoms with Gasteiger partial charge in [0.25, 0.3) is 10.0 Å². The molecule has 90 valence electrons. The molecule has 0 unspecified atom stereocenters. The number of anilines is 1. The number of aryl methyl sites for hydroxylation is 1. The summed E-state index contributed by atoms with van der Waals surface area (Å²) in [6, 6.07) is 5.97. The van der Waals surface area contributed by atoms with Crippen LogP contribution in [0.1, 0.15) is 0 Å². The number of aromatic nitrogens is 1. The lowest BCUT2D eigenvalue weighted by Gasteiger charge is -1.98. The van der Waals surface area contributed by atoms with Crippen molar-refractivity contribution in [3.8, 4) is 0 Å². The normalized spacial score (nSPS) is 12.9. The Hall–Kier alpha value is -1.60. The Morgan fingerprint density at radius 3 is 2.47 bits per heavy atom. The fraction of sp³-hybridized carbons (Fsp3) is 0.100. The van der Waals surface area contributed by atoms with Crippen molar-refractivity contribution in [2.45, 2.75) is 4.90 Å². The van der Waals surface area contributed by atoms with Crippen LogP contribution in [0.3, 0.4) is 0 Å². The molecule has 0 fully saturated rings. The van der Waals surface area contributed by atoms with E-state index in [2.05, 4.69) is 4.40 Å². The Kier molecular flexibility index (Phi) is 3.03.